The highest BCUT2D eigenvalue weighted by Crippen LogP contribution is 2.15. The van der Waals surface area contributed by atoms with Crippen LogP contribution in [0.15, 0.2) is 12.2 Å². The summed E-state index contributed by atoms with van der Waals surface area (Å²) in [5.74, 6) is 1.39. The smallest absolute Gasteiger partial charge is 0.152 e. The van der Waals surface area contributed by atoms with Crippen LogP contribution in [0.3, 0.4) is 0 Å². The molecule has 0 spiro atoms. The van der Waals surface area contributed by atoms with Gasteiger partial charge in [0.05, 0.1) is 0 Å². The fraction of sp³-hybridized carbons (Fsp3) is 0.727. The number of hydrogen-bond donors (Lipinski definition) is 0. The topological polar surface area (TPSA) is 17.1 Å². The van der Waals surface area contributed by atoms with Gasteiger partial charge in [-0.05, 0) is 31.6 Å². The molecule has 13 heavy (non-hydrogen) atoms. The van der Waals surface area contributed by atoms with Crippen LogP contribution in [0.2, 0.25) is 0 Å². The van der Waals surface area contributed by atoms with E-state index in [1.54, 1.807) is 13.0 Å². The first-order chi connectivity index (χ1) is 6.16. The summed E-state index contributed by atoms with van der Waals surface area (Å²) in [4.78, 5) is 10.6. The Morgan fingerprint density at radius 3 is 2.77 bits per heavy atom. The second-order valence-corrected chi connectivity index (χ2v) is 4.83. The summed E-state index contributed by atoms with van der Waals surface area (Å²) in [6.07, 6.45) is 7.21. The first-order valence-electron chi connectivity index (χ1n) is 4.95. The maximum Gasteiger partial charge on any atom is 0.152 e. The Hall–Kier alpha value is -0.240. The molecule has 0 aliphatic rings. The first-order valence-corrected chi connectivity index (χ1v) is 6.00. The quantitative estimate of drug-likeness (QED) is 0.462. The van der Waals surface area contributed by atoms with Crippen LogP contribution in [0, 0.1) is 0 Å². The van der Waals surface area contributed by atoms with Crippen molar-refractivity contribution in [2.24, 2.45) is 0 Å². The molecule has 1 atom stereocenters. The second kappa shape index (κ2) is 8.36. The van der Waals surface area contributed by atoms with Crippen LogP contribution in [0.4, 0.5) is 0 Å². The average molecular weight is 200 g/mol. The lowest BCUT2D eigenvalue weighted by molar-refractivity contribution is -0.112. The number of hydrogen-bond acceptors (Lipinski definition) is 2. The summed E-state index contributed by atoms with van der Waals surface area (Å²) in [6.45, 7) is 6.01. The Balaban J connectivity index is 3.39. The fourth-order valence-corrected chi connectivity index (χ4v) is 2.03. The largest absolute Gasteiger partial charge is 0.295 e. The molecule has 2 heteroatoms. The van der Waals surface area contributed by atoms with Crippen molar-refractivity contribution in [3.63, 3.8) is 0 Å². The van der Waals surface area contributed by atoms with Crippen molar-refractivity contribution in [2.45, 2.75) is 45.3 Å². The van der Waals surface area contributed by atoms with E-state index in [9.17, 15) is 4.79 Å². The van der Waals surface area contributed by atoms with E-state index >= 15 is 0 Å². The lowest BCUT2D eigenvalue weighted by atomic mass is 10.3. The zero-order valence-corrected chi connectivity index (χ0v) is 9.69. The molecule has 0 aliphatic heterocycles. The van der Waals surface area contributed by atoms with Gasteiger partial charge in [-0.2, -0.15) is 11.8 Å². The van der Waals surface area contributed by atoms with E-state index in [0.717, 1.165) is 6.42 Å². The standard InChI is InChI=1S/C11H20OS/c1-4-5-9-13-11(3)8-6-7-10(2)12/h6-7,11H,4-5,8-9H2,1-3H3/b7-6+. The van der Waals surface area contributed by atoms with Gasteiger partial charge in [-0.1, -0.05) is 26.3 Å². The van der Waals surface area contributed by atoms with Crippen molar-refractivity contribution in [3.05, 3.63) is 12.2 Å². The summed E-state index contributed by atoms with van der Waals surface area (Å²) in [5, 5.41) is 0.641. The van der Waals surface area contributed by atoms with Crippen LogP contribution in [0.5, 0.6) is 0 Å². The lowest BCUT2D eigenvalue weighted by Crippen LogP contribution is -1.95. The van der Waals surface area contributed by atoms with Crippen molar-refractivity contribution in [1.29, 1.82) is 0 Å². The van der Waals surface area contributed by atoms with Crippen LogP contribution >= 0.6 is 11.8 Å². The van der Waals surface area contributed by atoms with E-state index in [4.69, 9.17) is 0 Å². The molecule has 0 aromatic rings. The van der Waals surface area contributed by atoms with Crippen molar-refractivity contribution in [2.75, 3.05) is 5.75 Å². The SMILES string of the molecule is CCCCSC(C)C/C=C/C(C)=O. The minimum Gasteiger partial charge on any atom is -0.295 e. The van der Waals surface area contributed by atoms with E-state index < -0.39 is 0 Å². The highest BCUT2D eigenvalue weighted by molar-refractivity contribution is 7.99. The summed E-state index contributed by atoms with van der Waals surface area (Å²) >= 11 is 1.99. The normalized spacial score (nSPS) is 13.5. The van der Waals surface area contributed by atoms with Gasteiger partial charge in [0.25, 0.3) is 0 Å². The Bertz CT molecular complexity index is 163. The Morgan fingerprint density at radius 2 is 2.23 bits per heavy atom. The number of rotatable bonds is 7. The van der Waals surface area contributed by atoms with Gasteiger partial charge >= 0.3 is 0 Å². The number of thioether (sulfide) groups is 1. The molecule has 1 unspecified atom stereocenters. The number of carbonyl (C=O) groups excluding carboxylic acids is 1. The summed E-state index contributed by atoms with van der Waals surface area (Å²) in [5.41, 5.74) is 0. The Kier molecular flexibility index (Phi) is 8.21. The molecule has 0 bridgehead atoms. The monoisotopic (exact) mass is 200 g/mol. The number of allylic oxidation sites excluding steroid dienone is 2. The van der Waals surface area contributed by atoms with Gasteiger partial charge < -0.3 is 0 Å². The van der Waals surface area contributed by atoms with Gasteiger partial charge in [0.2, 0.25) is 0 Å². The number of ketones is 1. The molecule has 76 valence electrons. The van der Waals surface area contributed by atoms with Crippen LogP contribution in [-0.4, -0.2) is 16.8 Å². The molecule has 0 fully saturated rings. The third-order valence-corrected chi connectivity index (χ3v) is 3.01. The zero-order valence-electron chi connectivity index (χ0n) is 8.88. The van der Waals surface area contributed by atoms with E-state index in [1.807, 2.05) is 17.8 Å². The lowest BCUT2D eigenvalue weighted by Gasteiger charge is -2.06. The van der Waals surface area contributed by atoms with Gasteiger partial charge in [-0.25, -0.2) is 0 Å². The molecule has 0 amide bonds. The highest BCUT2D eigenvalue weighted by atomic mass is 32.2. The van der Waals surface area contributed by atoms with Crippen LogP contribution in [-0.2, 0) is 4.79 Å². The van der Waals surface area contributed by atoms with Crippen LogP contribution in [0.25, 0.3) is 0 Å². The van der Waals surface area contributed by atoms with Crippen molar-refractivity contribution in [1.82, 2.24) is 0 Å². The maximum atomic E-state index is 10.6. The Labute approximate surface area is 86.0 Å². The molecule has 1 nitrogen and oxygen atoms in total. The maximum absolute atomic E-state index is 10.6. The van der Waals surface area contributed by atoms with Crippen molar-refractivity contribution in [3.8, 4) is 0 Å². The van der Waals surface area contributed by atoms with E-state index in [0.29, 0.717) is 5.25 Å². The molecule has 0 saturated carbocycles. The third kappa shape index (κ3) is 9.68. The van der Waals surface area contributed by atoms with Gasteiger partial charge in [-0.3, -0.25) is 4.79 Å². The number of unbranched alkanes of at least 4 members (excludes halogenated alkanes) is 1. The molecule has 0 N–H and O–H groups in total. The second-order valence-electron chi connectivity index (χ2n) is 3.28. The summed E-state index contributed by atoms with van der Waals surface area (Å²) < 4.78 is 0. The molecular formula is C11H20OS. The molecule has 0 heterocycles. The van der Waals surface area contributed by atoms with E-state index in [2.05, 4.69) is 13.8 Å². The summed E-state index contributed by atoms with van der Waals surface area (Å²) in [7, 11) is 0. The average Bonchev–Trinajstić information content (AvgIpc) is 2.04. The van der Waals surface area contributed by atoms with E-state index in [1.165, 1.54) is 18.6 Å². The predicted octanol–water partition coefficient (Wildman–Crippen LogP) is 3.44. The van der Waals surface area contributed by atoms with Crippen LogP contribution in [0.1, 0.15) is 40.0 Å². The molecule has 0 rings (SSSR count). The summed E-state index contributed by atoms with van der Waals surface area (Å²) in [6, 6.07) is 0. The molecule has 0 aromatic carbocycles. The highest BCUT2D eigenvalue weighted by Gasteiger charge is 1.98. The molecule has 0 aromatic heterocycles. The minimum absolute atomic E-state index is 0.144. The fourth-order valence-electron chi connectivity index (χ4n) is 0.923. The molecule has 0 aliphatic carbocycles. The predicted molar refractivity (Wildman–Crippen MR) is 61.3 cm³/mol. The van der Waals surface area contributed by atoms with Crippen molar-refractivity contribution < 1.29 is 4.79 Å². The molecule has 0 saturated heterocycles. The molecular weight excluding hydrogens is 180 g/mol. The molecule has 0 radical (unpaired) electrons. The van der Waals surface area contributed by atoms with Crippen LogP contribution < -0.4 is 0 Å². The third-order valence-electron chi connectivity index (χ3n) is 1.72. The zero-order chi connectivity index (χ0) is 10.1. The Morgan fingerprint density at radius 1 is 1.54 bits per heavy atom. The van der Waals surface area contributed by atoms with Crippen molar-refractivity contribution >= 4 is 17.5 Å². The van der Waals surface area contributed by atoms with Gasteiger partial charge in [-0.15, -0.1) is 0 Å². The van der Waals surface area contributed by atoms with Gasteiger partial charge in [0.15, 0.2) is 5.78 Å². The minimum atomic E-state index is 0.144. The van der Waals surface area contributed by atoms with Gasteiger partial charge in [0.1, 0.15) is 0 Å². The first kappa shape index (κ1) is 12.8. The number of carbonyl (C=O) groups is 1. The van der Waals surface area contributed by atoms with Gasteiger partial charge in [0, 0.05) is 5.25 Å². The van der Waals surface area contributed by atoms with E-state index in [-0.39, 0.29) is 5.78 Å².